The third kappa shape index (κ3) is 7.90. The number of nitrogens with zero attached hydrogens (tertiary/aromatic N) is 3. The second-order valence-electron chi connectivity index (χ2n) is 13.6. The summed E-state index contributed by atoms with van der Waals surface area (Å²) in [5.41, 5.74) is 7.59. The number of carbonyl (C=O) groups is 2. The van der Waals surface area contributed by atoms with E-state index in [1.807, 2.05) is 78.7 Å². The molecule has 0 aliphatic carbocycles. The molecule has 1 unspecified atom stereocenters. The van der Waals surface area contributed by atoms with E-state index in [0.29, 0.717) is 60.6 Å². The van der Waals surface area contributed by atoms with E-state index in [-0.39, 0.29) is 30.1 Å². The molecule has 4 aliphatic rings. The Bertz CT molecular complexity index is 2040. The lowest BCUT2D eigenvalue weighted by molar-refractivity contribution is -0.120. The summed E-state index contributed by atoms with van der Waals surface area (Å²) in [5, 5.41) is 14.0. The van der Waals surface area contributed by atoms with Crippen molar-refractivity contribution < 1.29 is 19.1 Å². The second kappa shape index (κ2) is 16.2. The van der Waals surface area contributed by atoms with E-state index in [1.165, 1.54) is 0 Å². The molecule has 11 nitrogen and oxygen atoms in total. The Balaban J connectivity index is 1.10. The Morgan fingerprint density at radius 3 is 2.09 bits per heavy atom. The molecule has 0 saturated carbocycles. The van der Waals surface area contributed by atoms with Gasteiger partial charge in [0.2, 0.25) is 17.7 Å². The average Bonchev–Trinajstić information content (AvgIpc) is 3.78. The highest BCUT2D eigenvalue weighted by Gasteiger charge is 2.31. The van der Waals surface area contributed by atoms with Gasteiger partial charge in [0.1, 0.15) is 5.84 Å². The molecule has 13 heteroatoms. The summed E-state index contributed by atoms with van der Waals surface area (Å²) in [6, 6.07) is 16.0. The molecule has 3 aromatic rings. The predicted octanol–water partition coefficient (Wildman–Crippen LogP) is 5.84. The number of hydrogen-bond donors (Lipinski definition) is 4. The van der Waals surface area contributed by atoms with Crippen LogP contribution in [0, 0.1) is 0 Å². The van der Waals surface area contributed by atoms with Crippen molar-refractivity contribution in [2.75, 3.05) is 33.9 Å². The fourth-order valence-electron chi connectivity index (χ4n) is 7.27. The minimum Gasteiger partial charge on any atom is -0.481 e. The Kier molecular flexibility index (Phi) is 11.3. The average molecular weight is 757 g/mol. The standard InChI is InChI=1S/C40H43Cl2N7O4/c1-23-32(22-44-21-27-12-15-36(51)47-27)40(53-3)49-17-16-24(18-34(49)45-23)28-6-4-7-29(37(28)41)30-8-5-9-31(38(30)42)33-13-10-25(39(48-33)52-2)19-43-20-26-11-14-35(50)46-26/h4-10,13,16-18,26-27,40,43-44H,11-12,14-15,19-22H2,1-3H3,(H,46,50)(H,47,51)/t26-,27-,40?/m0/s1. The van der Waals surface area contributed by atoms with E-state index < -0.39 is 0 Å². The Hall–Kier alpha value is -4.52. The fraction of sp³-hybridized carbons (Fsp3) is 0.350. The maximum atomic E-state index is 11.6. The van der Waals surface area contributed by atoms with Crippen LogP contribution in [0.15, 0.2) is 83.1 Å². The van der Waals surface area contributed by atoms with Crippen molar-refractivity contribution >= 4 is 46.4 Å². The molecule has 4 aliphatic heterocycles. The number of benzene rings is 2. The van der Waals surface area contributed by atoms with Crippen LogP contribution in [0.5, 0.6) is 5.88 Å². The van der Waals surface area contributed by atoms with Crippen molar-refractivity contribution in [1.29, 1.82) is 0 Å². The molecule has 3 atom stereocenters. The zero-order valence-electron chi connectivity index (χ0n) is 30.0. The van der Waals surface area contributed by atoms with Crippen molar-refractivity contribution in [3.05, 3.63) is 99.3 Å². The molecule has 0 radical (unpaired) electrons. The van der Waals surface area contributed by atoms with Crippen LogP contribution in [0.4, 0.5) is 0 Å². The zero-order chi connectivity index (χ0) is 37.1. The van der Waals surface area contributed by atoms with Gasteiger partial charge in [-0.3, -0.25) is 9.59 Å². The number of halogens is 2. The number of methoxy groups -OCH3 is 2. The Labute approximate surface area is 319 Å². The van der Waals surface area contributed by atoms with E-state index in [1.54, 1.807) is 14.2 Å². The molecule has 0 spiro atoms. The summed E-state index contributed by atoms with van der Waals surface area (Å²) in [5.74, 6) is 1.47. The number of carbonyl (C=O) groups excluding carboxylic acids is 2. The van der Waals surface area contributed by atoms with Crippen LogP contribution >= 0.6 is 23.2 Å². The quantitative estimate of drug-likeness (QED) is 0.171. The third-order valence-corrected chi connectivity index (χ3v) is 10.9. The van der Waals surface area contributed by atoms with Gasteiger partial charge < -0.3 is 35.6 Å². The summed E-state index contributed by atoms with van der Waals surface area (Å²) in [6.07, 6.45) is 8.51. The second-order valence-corrected chi connectivity index (χ2v) is 14.3. The largest absolute Gasteiger partial charge is 0.481 e. The summed E-state index contributed by atoms with van der Waals surface area (Å²) in [4.78, 5) is 34.9. The maximum Gasteiger partial charge on any atom is 0.220 e. The number of allylic oxidation sites excluding steroid dienone is 3. The highest BCUT2D eigenvalue weighted by molar-refractivity contribution is 6.39. The molecule has 2 fully saturated rings. The summed E-state index contributed by atoms with van der Waals surface area (Å²) >= 11 is 14.3. The third-order valence-electron chi connectivity index (χ3n) is 10.1. The summed E-state index contributed by atoms with van der Waals surface area (Å²) < 4.78 is 11.6. The van der Waals surface area contributed by atoms with Crippen LogP contribution in [0.25, 0.3) is 28.0 Å². The van der Waals surface area contributed by atoms with Gasteiger partial charge in [0.05, 0.1) is 22.8 Å². The normalized spacial score (nSPS) is 21.0. The van der Waals surface area contributed by atoms with Gasteiger partial charge in [-0.05, 0) is 43.6 Å². The predicted molar refractivity (Wildman–Crippen MR) is 208 cm³/mol. The minimum atomic E-state index is -0.329. The number of aliphatic imine (C=N–C) groups is 1. The van der Waals surface area contributed by atoms with Crippen molar-refractivity contribution in [2.45, 2.75) is 57.5 Å². The number of amides is 2. The monoisotopic (exact) mass is 755 g/mol. The number of pyridine rings is 1. The van der Waals surface area contributed by atoms with Crippen LogP contribution in [-0.2, 0) is 20.9 Å². The van der Waals surface area contributed by atoms with Crippen LogP contribution < -0.4 is 26.0 Å². The van der Waals surface area contributed by atoms with Crippen molar-refractivity contribution in [1.82, 2.24) is 31.2 Å². The van der Waals surface area contributed by atoms with E-state index in [0.717, 1.165) is 63.3 Å². The van der Waals surface area contributed by atoms with E-state index >= 15 is 0 Å². The molecule has 1 aromatic heterocycles. The zero-order valence-corrected chi connectivity index (χ0v) is 31.5. The van der Waals surface area contributed by atoms with E-state index in [2.05, 4.69) is 21.3 Å². The Morgan fingerprint density at radius 2 is 1.47 bits per heavy atom. The summed E-state index contributed by atoms with van der Waals surface area (Å²) in [6.45, 7) is 4.50. The number of nitrogens with one attached hydrogen (secondary N) is 4. The van der Waals surface area contributed by atoms with Gasteiger partial charge >= 0.3 is 0 Å². The number of fused-ring (bicyclic) bond motifs is 1. The molecular formula is C40H43Cl2N7O4. The van der Waals surface area contributed by atoms with Gasteiger partial charge in [0.15, 0.2) is 6.23 Å². The van der Waals surface area contributed by atoms with Crippen LogP contribution in [-0.4, -0.2) is 79.7 Å². The molecule has 7 rings (SSSR count). The molecular weight excluding hydrogens is 713 g/mol. The first-order valence-corrected chi connectivity index (χ1v) is 18.6. The van der Waals surface area contributed by atoms with Crippen molar-refractivity contribution in [2.24, 2.45) is 4.99 Å². The molecule has 0 bridgehead atoms. The van der Waals surface area contributed by atoms with E-state index in [4.69, 9.17) is 42.7 Å². The number of rotatable bonds is 13. The first-order valence-electron chi connectivity index (χ1n) is 17.9. The van der Waals surface area contributed by atoms with Gasteiger partial charge in [-0.1, -0.05) is 65.7 Å². The number of ether oxygens (including phenoxy) is 2. The van der Waals surface area contributed by atoms with E-state index in [9.17, 15) is 9.59 Å². The highest BCUT2D eigenvalue weighted by atomic mass is 35.5. The topological polar surface area (TPSA) is 129 Å². The first-order chi connectivity index (χ1) is 25.7. The van der Waals surface area contributed by atoms with Crippen LogP contribution in [0.2, 0.25) is 10.0 Å². The van der Waals surface area contributed by atoms with Crippen LogP contribution in [0.3, 0.4) is 0 Å². The number of hydrogen-bond acceptors (Lipinski definition) is 9. The molecule has 4 N–H and O–H groups in total. The molecule has 2 amide bonds. The smallest absolute Gasteiger partial charge is 0.220 e. The molecule has 2 aromatic carbocycles. The minimum absolute atomic E-state index is 0.0993. The lowest BCUT2D eigenvalue weighted by Gasteiger charge is -2.37. The van der Waals surface area contributed by atoms with Crippen LogP contribution in [0.1, 0.15) is 43.7 Å². The van der Waals surface area contributed by atoms with Gasteiger partial charge in [0.25, 0.3) is 0 Å². The van der Waals surface area contributed by atoms with Gasteiger partial charge in [-0.25, -0.2) is 9.98 Å². The Morgan fingerprint density at radius 1 is 0.849 bits per heavy atom. The fourth-order valence-corrected chi connectivity index (χ4v) is 7.93. The first kappa shape index (κ1) is 36.8. The van der Waals surface area contributed by atoms with Crippen molar-refractivity contribution in [3.63, 3.8) is 0 Å². The van der Waals surface area contributed by atoms with Gasteiger partial charge in [-0.2, -0.15) is 0 Å². The van der Waals surface area contributed by atoms with Gasteiger partial charge in [-0.15, -0.1) is 0 Å². The van der Waals surface area contributed by atoms with Gasteiger partial charge in [0, 0.05) is 104 Å². The highest BCUT2D eigenvalue weighted by Crippen LogP contribution is 2.42. The lowest BCUT2D eigenvalue weighted by Crippen LogP contribution is -2.45. The molecule has 276 valence electrons. The molecule has 53 heavy (non-hydrogen) atoms. The number of amidine groups is 1. The molecule has 5 heterocycles. The summed E-state index contributed by atoms with van der Waals surface area (Å²) in [7, 11) is 3.30. The number of aromatic nitrogens is 1. The SMILES string of the molecule is COc1nc(-c2cccc(-c3cccc(C4=CC5=NC(C)=C(CNC[C@@H]6CCC(=O)N6)C(OC)N5C=C4)c3Cl)c2Cl)ccc1CNC[C@@H]1CCC(=O)N1. The van der Waals surface area contributed by atoms with Crippen molar-refractivity contribution in [3.8, 4) is 28.3 Å². The lowest BCUT2D eigenvalue weighted by atomic mass is 9.95. The maximum absolute atomic E-state index is 11.6. The molecule has 2 saturated heterocycles.